The summed E-state index contributed by atoms with van der Waals surface area (Å²) in [6.07, 6.45) is -1.23. The molecule has 1 unspecified atom stereocenters. The molecule has 0 bridgehead atoms. The van der Waals surface area contributed by atoms with Crippen molar-refractivity contribution >= 4 is 18.0 Å². The topological polar surface area (TPSA) is 108 Å². The number of rotatable bonds is 2. The van der Waals surface area contributed by atoms with Gasteiger partial charge in [-0.3, -0.25) is 10.1 Å². The van der Waals surface area contributed by atoms with Crippen LogP contribution in [0.15, 0.2) is 0 Å². The molecule has 4 N–H and O–H groups in total. The lowest BCUT2D eigenvalue weighted by molar-refractivity contribution is -0.120. The van der Waals surface area contributed by atoms with E-state index < -0.39 is 24.1 Å². The fourth-order valence-electron chi connectivity index (χ4n) is 0.792. The number of amides is 4. The summed E-state index contributed by atoms with van der Waals surface area (Å²) in [5.74, 6) is -0.520. The molecule has 0 radical (unpaired) electrons. The quantitative estimate of drug-likeness (QED) is 0.379. The molecule has 1 rings (SSSR count). The number of carboxylic acid groups (broad SMARTS) is 1. The summed E-state index contributed by atoms with van der Waals surface area (Å²) in [6, 6.07) is -1.40. The van der Waals surface area contributed by atoms with Crippen molar-refractivity contribution in [2.75, 3.05) is 6.54 Å². The Morgan fingerprint density at radius 1 is 1.58 bits per heavy atom. The summed E-state index contributed by atoms with van der Waals surface area (Å²) in [5, 5.41) is 14.4. The van der Waals surface area contributed by atoms with Gasteiger partial charge in [0.2, 0.25) is 0 Å². The van der Waals surface area contributed by atoms with Crippen molar-refractivity contribution in [1.82, 2.24) is 16.0 Å². The zero-order valence-electron chi connectivity index (χ0n) is 5.96. The van der Waals surface area contributed by atoms with E-state index in [2.05, 4.69) is 5.32 Å². The van der Waals surface area contributed by atoms with Gasteiger partial charge in [-0.15, -0.1) is 0 Å². The fourth-order valence-corrected chi connectivity index (χ4v) is 0.792. The van der Waals surface area contributed by atoms with E-state index in [0.29, 0.717) is 0 Å². The predicted octanol–water partition coefficient (Wildman–Crippen LogP) is -1.54. The Labute approximate surface area is 67.1 Å². The van der Waals surface area contributed by atoms with E-state index in [0.717, 1.165) is 0 Å². The fraction of sp³-hybridized carbons (Fsp3) is 0.400. The Kier molecular flexibility index (Phi) is 2.13. The van der Waals surface area contributed by atoms with Gasteiger partial charge in [-0.25, -0.2) is 9.59 Å². The van der Waals surface area contributed by atoms with Crippen LogP contribution in [0.4, 0.5) is 9.59 Å². The third kappa shape index (κ3) is 1.84. The molecule has 0 aromatic carbocycles. The van der Waals surface area contributed by atoms with Crippen molar-refractivity contribution in [3.8, 4) is 0 Å². The number of urea groups is 1. The van der Waals surface area contributed by atoms with Crippen LogP contribution in [-0.2, 0) is 4.79 Å². The molecule has 0 saturated carbocycles. The highest BCUT2D eigenvalue weighted by atomic mass is 16.4. The summed E-state index contributed by atoms with van der Waals surface area (Å²) in [7, 11) is 0. The van der Waals surface area contributed by atoms with Crippen molar-refractivity contribution in [3.63, 3.8) is 0 Å². The van der Waals surface area contributed by atoms with Gasteiger partial charge in [0.25, 0.3) is 5.91 Å². The minimum atomic E-state index is -1.23. The Morgan fingerprint density at radius 3 is 2.67 bits per heavy atom. The van der Waals surface area contributed by atoms with Gasteiger partial charge in [-0.05, 0) is 0 Å². The second-order valence-corrected chi connectivity index (χ2v) is 2.20. The van der Waals surface area contributed by atoms with Crippen LogP contribution < -0.4 is 16.0 Å². The average molecular weight is 173 g/mol. The van der Waals surface area contributed by atoms with E-state index in [4.69, 9.17) is 5.11 Å². The lowest BCUT2D eigenvalue weighted by Crippen LogP contribution is -2.41. The third-order valence-electron chi connectivity index (χ3n) is 1.32. The molecular formula is C5H7N3O4. The van der Waals surface area contributed by atoms with Crippen molar-refractivity contribution in [3.05, 3.63) is 0 Å². The molecule has 66 valence electrons. The number of hydrogen-bond donors (Lipinski definition) is 4. The lowest BCUT2D eigenvalue weighted by Gasteiger charge is -2.05. The molecule has 1 fully saturated rings. The van der Waals surface area contributed by atoms with E-state index in [9.17, 15) is 14.4 Å². The number of carbonyl (C=O) groups is 3. The molecule has 0 aromatic heterocycles. The summed E-state index contributed by atoms with van der Waals surface area (Å²) < 4.78 is 0. The Hall–Kier alpha value is -1.79. The first-order chi connectivity index (χ1) is 5.59. The number of carbonyl (C=O) groups excluding carboxylic acids is 2. The van der Waals surface area contributed by atoms with E-state index in [-0.39, 0.29) is 6.54 Å². The average Bonchev–Trinajstić information content (AvgIpc) is 2.26. The van der Waals surface area contributed by atoms with Gasteiger partial charge in [0.15, 0.2) is 0 Å². The second kappa shape index (κ2) is 3.07. The first-order valence-electron chi connectivity index (χ1n) is 3.18. The highest BCUT2D eigenvalue weighted by Crippen LogP contribution is 1.90. The van der Waals surface area contributed by atoms with Crippen molar-refractivity contribution in [2.45, 2.75) is 6.04 Å². The third-order valence-corrected chi connectivity index (χ3v) is 1.32. The van der Waals surface area contributed by atoms with Crippen LogP contribution in [0.1, 0.15) is 0 Å². The molecule has 1 heterocycles. The molecule has 0 spiro atoms. The zero-order chi connectivity index (χ0) is 9.14. The van der Waals surface area contributed by atoms with Crippen LogP contribution in [-0.4, -0.2) is 35.7 Å². The minimum Gasteiger partial charge on any atom is -0.465 e. The van der Waals surface area contributed by atoms with E-state index in [1.165, 1.54) is 0 Å². The molecule has 4 amide bonds. The first-order valence-corrected chi connectivity index (χ1v) is 3.18. The van der Waals surface area contributed by atoms with E-state index in [1.807, 2.05) is 10.6 Å². The summed E-state index contributed by atoms with van der Waals surface area (Å²) >= 11 is 0. The smallest absolute Gasteiger partial charge is 0.404 e. The minimum absolute atomic E-state index is 0.118. The molecule has 7 heteroatoms. The van der Waals surface area contributed by atoms with Gasteiger partial charge < -0.3 is 15.7 Å². The maximum absolute atomic E-state index is 10.8. The van der Waals surface area contributed by atoms with Gasteiger partial charge in [-0.2, -0.15) is 0 Å². The standard InChI is InChI=1S/C5H7N3O4/c9-3-2(1-6-5(11)12)7-4(10)8-3/h2,6H,1H2,(H,11,12)(H2,7,8,9,10). The SMILES string of the molecule is O=C(O)NCC1NC(=O)NC1=O. The van der Waals surface area contributed by atoms with Gasteiger partial charge >= 0.3 is 12.1 Å². The van der Waals surface area contributed by atoms with Gasteiger partial charge in [0, 0.05) is 0 Å². The lowest BCUT2D eigenvalue weighted by atomic mass is 10.3. The van der Waals surface area contributed by atoms with Gasteiger partial charge in [0.05, 0.1) is 6.54 Å². The van der Waals surface area contributed by atoms with Crippen LogP contribution in [0.3, 0.4) is 0 Å². The van der Waals surface area contributed by atoms with E-state index >= 15 is 0 Å². The summed E-state index contributed by atoms with van der Waals surface area (Å²) in [5.41, 5.74) is 0. The number of imide groups is 1. The van der Waals surface area contributed by atoms with Crippen molar-refractivity contribution in [2.24, 2.45) is 0 Å². The molecule has 1 aliphatic heterocycles. The first kappa shape index (κ1) is 8.31. The molecule has 1 atom stereocenters. The van der Waals surface area contributed by atoms with Gasteiger partial charge in [0.1, 0.15) is 6.04 Å². The molecule has 12 heavy (non-hydrogen) atoms. The largest absolute Gasteiger partial charge is 0.465 e. The van der Waals surface area contributed by atoms with Crippen LogP contribution >= 0.6 is 0 Å². The van der Waals surface area contributed by atoms with Crippen molar-refractivity contribution < 1.29 is 19.5 Å². The monoisotopic (exact) mass is 173 g/mol. The highest BCUT2D eigenvalue weighted by molar-refractivity contribution is 6.04. The van der Waals surface area contributed by atoms with Crippen LogP contribution in [0.2, 0.25) is 0 Å². The highest BCUT2D eigenvalue weighted by Gasteiger charge is 2.29. The summed E-state index contributed by atoms with van der Waals surface area (Å²) in [4.78, 5) is 31.2. The number of hydrogen-bond acceptors (Lipinski definition) is 3. The van der Waals surface area contributed by atoms with Crippen LogP contribution in [0.5, 0.6) is 0 Å². The normalized spacial score (nSPS) is 21.5. The van der Waals surface area contributed by atoms with Crippen LogP contribution in [0.25, 0.3) is 0 Å². The molecule has 0 aliphatic carbocycles. The predicted molar refractivity (Wildman–Crippen MR) is 36.5 cm³/mol. The van der Waals surface area contributed by atoms with Crippen LogP contribution in [0, 0.1) is 0 Å². The maximum atomic E-state index is 10.8. The molecule has 7 nitrogen and oxygen atoms in total. The molecule has 1 saturated heterocycles. The Bertz CT molecular complexity index is 239. The number of nitrogens with one attached hydrogen (secondary N) is 3. The summed E-state index contributed by atoms with van der Waals surface area (Å²) in [6.45, 7) is -0.118. The second-order valence-electron chi connectivity index (χ2n) is 2.20. The van der Waals surface area contributed by atoms with E-state index in [1.54, 1.807) is 0 Å². The maximum Gasteiger partial charge on any atom is 0.404 e. The zero-order valence-corrected chi connectivity index (χ0v) is 5.96. The Balaban J connectivity index is 2.38. The molecule has 0 aromatic rings. The van der Waals surface area contributed by atoms with Gasteiger partial charge in [-0.1, -0.05) is 0 Å². The molecular weight excluding hydrogens is 166 g/mol. The Morgan fingerprint density at radius 2 is 2.25 bits per heavy atom. The van der Waals surface area contributed by atoms with Crippen molar-refractivity contribution in [1.29, 1.82) is 0 Å². The molecule has 1 aliphatic rings.